The highest BCUT2D eigenvalue weighted by atomic mass is 16.5. The van der Waals surface area contributed by atoms with Gasteiger partial charge < -0.3 is 24.7 Å². The van der Waals surface area contributed by atoms with Crippen LogP contribution in [0, 0.1) is 5.41 Å². The highest BCUT2D eigenvalue weighted by Gasteiger charge is 2.48. The summed E-state index contributed by atoms with van der Waals surface area (Å²) in [5, 5.41) is 5.45. The van der Waals surface area contributed by atoms with E-state index in [-0.39, 0.29) is 29.3 Å². The fraction of sp³-hybridized carbons (Fsp3) is 0.750. The van der Waals surface area contributed by atoms with Crippen LogP contribution in [0.5, 0.6) is 0 Å². The molecule has 1 unspecified atom stereocenters. The molecule has 9 nitrogen and oxygen atoms in total. The van der Waals surface area contributed by atoms with Crippen molar-refractivity contribution in [2.75, 3.05) is 31.2 Å². The van der Waals surface area contributed by atoms with Crippen LogP contribution < -0.4 is 16.2 Å². The summed E-state index contributed by atoms with van der Waals surface area (Å²) in [5.41, 5.74) is 7.04. The number of aryl methyl sites for hydroxylation is 1. The molecule has 3 aliphatic rings. The molecule has 2 N–H and O–H groups in total. The molecular formula is C20H30N6O3. The number of hydrogen-bond acceptors (Lipinski definition) is 7. The van der Waals surface area contributed by atoms with Crippen LogP contribution in [0.15, 0.2) is 11.1 Å². The van der Waals surface area contributed by atoms with Crippen LogP contribution in [0.25, 0.3) is 11.0 Å². The number of aromatic nitrogens is 4. The van der Waals surface area contributed by atoms with Gasteiger partial charge >= 0.3 is 0 Å². The molecule has 29 heavy (non-hydrogen) atoms. The van der Waals surface area contributed by atoms with Crippen molar-refractivity contribution in [1.29, 1.82) is 0 Å². The van der Waals surface area contributed by atoms with E-state index in [1.807, 2.05) is 4.68 Å². The number of ether oxygens (including phenoxy) is 2. The third-order valence-electron chi connectivity index (χ3n) is 7.09. The largest absolute Gasteiger partial charge is 0.376 e. The highest BCUT2D eigenvalue weighted by Crippen LogP contribution is 2.42. The van der Waals surface area contributed by atoms with E-state index < -0.39 is 0 Å². The first-order chi connectivity index (χ1) is 14.0. The average molecular weight is 402 g/mol. The fourth-order valence-corrected chi connectivity index (χ4v) is 5.07. The van der Waals surface area contributed by atoms with Gasteiger partial charge in [0.25, 0.3) is 5.56 Å². The van der Waals surface area contributed by atoms with Gasteiger partial charge in [0.05, 0.1) is 19.0 Å². The molecule has 5 rings (SSSR count). The summed E-state index contributed by atoms with van der Waals surface area (Å²) in [5.74, 6) is 0.721. The maximum absolute atomic E-state index is 13.0. The number of anilines is 1. The quantitative estimate of drug-likeness (QED) is 0.804. The smallest absolute Gasteiger partial charge is 0.266 e. The van der Waals surface area contributed by atoms with E-state index in [1.54, 1.807) is 13.4 Å². The van der Waals surface area contributed by atoms with Crippen molar-refractivity contribution in [3.05, 3.63) is 16.7 Å². The average Bonchev–Trinajstić information content (AvgIpc) is 3.27. The Kier molecular flexibility index (Phi) is 4.64. The lowest BCUT2D eigenvalue weighted by Crippen LogP contribution is -2.50. The molecule has 0 radical (unpaired) electrons. The summed E-state index contributed by atoms with van der Waals surface area (Å²) in [6.45, 7) is 5.10. The minimum absolute atomic E-state index is 0.0317. The number of rotatable bonds is 2. The standard InChI is InChI=1S/C20H30N6O3/c1-13-16(21)20(11-29-13)6-8-25(9-7-20)18-15-17(22-12-24(2)19(15)27)26(23-18)14-5-3-4-10-28-14/h12-14,16H,3-11,21H2,1-2H3/t13-,14?,16+/m0/s1. The van der Waals surface area contributed by atoms with Crippen LogP contribution in [0.4, 0.5) is 5.82 Å². The van der Waals surface area contributed by atoms with Crippen LogP contribution in [0.2, 0.25) is 0 Å². The van der Waals surface area contributed by atoms with Crippen molar-refractivity contribution in [3.63, 3.8) is 0 Å². The molecule has 3 fully saturated rings. The van der Waals surface area contributed by atoms with Crippen LogP contribution in [-0.2, 0) is 16.5 Å². The van der Waals surface area contributed by atoms with Gasteiger partial charge in [0.15, 0.2) is 17.7 Å². The second-order valence-electron chi connectivity index (χ2n) is 8.84. The minimum Gasteiger partial charge on any atom is -0.376 e. The summed E-state index contributed by atoms with van der Waals surface area (Å²) in [6.07, 6.45) is 6.42. The van der Waals surface area contributed by atoms with Gasteiger partial charge in [0, 0.05) is 38.2 Å². The van der Waals surface area contributed by atoms with Gasteiger partial charge in [-0.1, -0.05) is 0 Å². The Morgan fingerprint density at radius 1 is 1.24 bits per heavy atom. The van der Waals surface area contributed by atoms with Crippen molar-refractivity contribution in [2.45, 2.75) is 57.4 Å². The fourth-order valence-electron chi connectivity index (χ4n) is 5.07. The Morgan fingerprint density at radius 3 is 2.69 bits per heavy atom. The Hall–Kier alpha value is -1.97. The normalized spacial score (nSPS) is 29.8. The molecule has 5 heterocycles. The van der Waals surface area contributed by atoms with Crippen LogP contribution in [-0.4, -0.2) is 57.8 Å². The molecule has 0 bridgehead atoms. The third kappa shape index (κ3) is 2.98. The predicted molar refractivity (Wildman–Crippen MR) is 109 cm³/mol. The SMILES string of the molecule is C[C@@H]1OCC2(CCN(c3nn(C4CCCCO4)c4ncn(C)c(=O)c34)CC2)[C@@H]1N. The minimum atomic E-state index is -0.159. The van der Waals surface area contributed by atoms with E-state index in [0.717, 1.165) is 57.6 Å². The lowest BCUT2D eigenvalue weighted by atomic mass is 9.73. The Morgan fingerprint density at radius 2 is 2.03 bits per heavy atom. The van der Waals surface area contributed by atoms with Gasteiger partial charge in [-0.15, -0.1) is 5.10 Å². The molecule has 158 valence electrons. The number of hydrogen-bond donors (Lipinski definition) is 1. The highest BCUT2D eigenvalue weighted by molar-refractivity contribution is 5.87. The zero-order valence-corrected chi connectivity index (χ0v) is 17.2. The summed E-state index contributed by atoms with van der Waals surface area (Å²) in [4.78, 5) is 19.8. The van der Waals surface area contributed by atoms with Gasteiger partial charge in [-0.2, -0.15) is 0 Å². The molecule has 3 saturated heterocycles. The number of nitrogens with two attached hydrogens (primary N) is 1. The summed E-state index contributed by atoms with van der Waals surface area (Å²) in [7, 11) is 1.73. The molecule has 3 aliphatic heterocycles. The first kappa shape index (κ1) is 19.0. The van der Waals surface area contributed by atoms with Crippen LogP contribution in [0.1, 0.15) is 45.3 Å². The van der Waals surface area contributed by atoms with Crippen molar-refractivity contribution in [1.82, 2.24) is 19.3 Å². The maximum Gasteiger partial charge on any atom is 0.266 e. The van der Waals surface area contributed by atoms with E-state index in [0.29, 0.717) is 17.6 Å². The molecule has 0 aliphatic carbocycles. The molecule has 3 atom stereocenters. The lowest BCUT2D eigenvalue weighted by molar-refractivity contribution is -0.0369. The molecule has 0 aromatic carbocycles. The molecule has 2 aromatic rings. The van der Waals surface area contributed by atoms with Gasteiger partial charge in [-0.3, -0.25) is 4.79 Å². The lowest BCUT2D eigenvalue weighted by Gasteiger charge is -2.41. The third-order valence-corrected chi connectivity index (χ3v) is 7.09. The van der Waals surface area contributed by atoms with Crippen molar-refractivity contribution in [2.24, 2.45) is 18.2 Å². The number of fused-ring (bicyclic) bond motifs is 1. The van der Waals surface area contributed by atoms with Gasteiger partial charge in [0.2, 0.25) is 0 Å². The van der Waals surface area contributed by atoms with Gasteiger partial charge in [-0.25, -0.2) is 9.67 Å². The van der Waals surface area contributed by atoms with E-state index in [1.165, 1.54) is 4.57 Å². The Labute approximate surface area is 169 Å². The number of nitrogens with zero attached hydrogens (tertiary/aromatic N) is 5. The monoisotopic (exact) mass is 402 g/mol. The molecule has 9 heteroatoms. The van der Waals surface area contributed by atoms with Crippen LogP contribution in [0.3, 0.4) is 0 Å². The van der Waals surface area contributed by atoms with Gasteiger partial charge in [0.1, 0.15) is 5.39 Å². The summed E-state index contributed by atoms with van der Waals surface area (Å²) in [6, 6.07) is 0.0594. The second kappa shape index (κ2) is 7.07. The summed E-state index contributed by atoms with van der Waals surface area (Å²) < 4.78 is 15.1. The van der Waals surface area contributed by atoms with E-state index in [2.05, 4.69) is 16.8 Å². The first-order valence-corrected chi connectivity index (χ1v) is 10.7. The molecule has 0 amide bonds. The zero-order chi connectivity index (χ0) is 20.2. The second-order valence-corrected chi connectivity index (χ2v) is 8.84. The predicted octanol–water partition coefficient (Wildman–Crippen LogP) is 1.16. The van der Waals surface area contributed by atoms with Crippen LogP contribution >= 0.6 is 0 Å². The number of piperidine rings is 1. The van der Waals surface area contributed by atoms with Crippen molar-refractivity contribution < 1.29 is 9.47 Å². The first-order valence-electron chi connectivity index (χ1n) is 10.7. The Bertz CT molecular complexity index is 955. The van der Waals surface area contributed by atoms with Crippen molar-refractivity contribution >= 4 is 16.9 Å². The van der Waals surface area contributed by atoms with Gasteiger partial charge in [-0.05, 0) is 39.0 Å². The van der Waals surface area contributed by atoms with E-state index >= 15 is 0 Å². The van der Waals surface area contributed by atoms with E-state index in [4.69, 9.17) is 20.3 Å². The Balaban J connectivity index is 1.50. The van der Waals surface area contributed by atoms with Crippen molar-refractivity contribution in [3.8, 4) is 0 Å². The molecule has 1 spiro atoms. The zero-order valence-electron chi connectivity index (χ0n) is 17.2. The molecular weight excluding hydrogens is 372 g/mol. The topological polar surface area (TPSA) is 100 Å². The molecule has 2 aromatic heterocycles. The van der Waals surface area contributed by atoms with E-state index in [9.17, 15) is 4.79 Å². The molecule has 0 saturated carbocycles. The summed E-state index contributed by atoms with van der Waals surface area (Å²) >= 11 is 0. The maximum atomic E-state index is 13.0.